The zero-order valence-corrected chi connectivity index (χ0v) is 8.45. The van der Waals surface area contributed by atoms with Gasteiger partial charge < -0.3 is 10.3 Å². The lowest BCUT2D eigenvalue weighted by atomic mass is 10.2. The van der Waals surface area contributed by atoms with E-state index in [-0.39, 0.29) is 11.7 Å². The van der Waals surface area contributed by atoms with Crippen LogP contribution in [0.2, 0.25) is 0 Å². The smallest absolute Gasteiger partial charge is 0.243 e. The lowest BCUT2D eigenvalue weighted by Crippen LogP contribution is -2.04. The van der Waals surface area contributed by atoms with Crippen LogP contribution < -0.4 is 5.73 Å². The summed E-state index contributed by atoms with van der Waals surface area (Å²) in [6.45, 7) is 1.68. The second-order valence-corrected chi connectivity index (χ2v) is 3.37. The number of aromatic nitrogens is 2. The Balaban J connectivity index is 2.39. The van der Waals surface area contributed by atoms with Crippen molar-refractivity contribution in [3.05, 3.63) is 35.7 Å². The molecule has 1 heterocycles. The van der Waals surface area contributed by atoms with Crippen LogP contribution in [-0.2, 0) is 0 Å². The van der Waals surface area contributed by atoms with Crippen molar-refractivity contribution in [2.45, 2.75) is 13.0 Å². The average Bonchev–Trinajstić information content (AvgIpc) is 2.71. The molecule has 84 valence electrons. The van der Waals surface area contributed by atoms with Gasteiger partial charge in [-0.2, -0.15) is 4.98 Å². The van der Waals surface area contributed by atoms with Gasteiger partial charge in [0, 0.05) is 5.56 Å². The number of halogens is 2. The van der Waals surface area contributed by atoms with E-state index in [9.17, 15) is 8.78 Å². The predicted molar refractivity (Wildman–Crippen MR) is 52.3 cm³/mol. The Labute approximate surface area is 90.1 Å². The van der Waals surface area contributed by atoms with Crippen molar-refractivity contribution >= 4 is 0 Å². The largest absolute Gasteiger partial charge is 0.337 e. The van der Waals surface area contributed by atoms with E-state index >= 15 is 0 Å². The molecule has 0 amide bonds. The molecule has 1 aromatic carbocycles. The van der Waals surface area contributed by atoms with Crippen LogP contribution in [0.25, 0.3) is 11.4 Å². The Kier molecular flexibility index (Phi) is 2.66. The predicted octanol–water partition coefficient (Wildman–Crippen LogP) is 2.03. The fourth-order valence-electron chi connectivity index (χ4n) is 1.17. The van der Waals surface area contributed by atoms with E-state index in [4.69, 9.17) is 10.3 Å². The number of hydrogen-bond acceptors (Lipinski definition) is 4. The van der Waals surface area contributed by atoms with Gasteiger partial charge in [0.2, 0.25) is 11.7 Å². The molecule has 2 N–H and O–H groups in total. The second kappa shape index (κ2) is 3.97. The van der Waals surface area contributed by atoms with Gasteiger partial charge in [0.1, 0.15) is 0 Å². The minimum absolute atomic E-state index is 0.186. The molecule has 4 nitrogen and oxygen atoms in total. The van der Waals surface area contributed by atoms with E-state index in [1.165, 1.54) is 6.07 Å². The first-order valence-corrected chi connectivity index (χ1v) is 4.62. The summed E-state index contributed by atoms with van der Waals surface area (Å²) in [6.07, 6.45) is 0. The minimum atomic E-state index is -0.954. The number of rotatable bonds is 2. The topological polar surface area (TPSA) is 64.9 Å². The molecule has 2 aromatic rings. The quantitative estimate of drug-likeness (QED) is 0.849. The molecular weight excluding hydrogens is 216 g/mol. The molecule has 6 heteroatoms. The van der Waals surface area contributed by atoms with Gasteiger partial charge in [-0.1, -0.05) is 5.16 Å². The molecule has 0 aliphatic carbocycles. The third-order valence-electron chi connectivity index (χ3n) is 2.01. The highest BCUT2D eigenvalue weighted by atomic mass is 19.2. The number of benzene rings is 1. The molecular formula is C10H9F2N3O. The lowest BCUT2D eigenvalue weighted by Gasteiger charge is -1.96. The van der Waals surface area contributed by atoms with Crippen LogP contribution in [-0.4, -0.2) is 10.1 Å². The van der Waals surface area contributed by atoms with Crippen LogP contribution in [0.1, 0.15) is 18.9 Å². The van der Waals surface area contributed by atoms with E-state index in [1.807, 2.05) is 0 Å². The zero-order chi connectivity index (χ0) is 11.7. The third-order valence-corrected chi connectivity index (χ3v) is 2.01. The van der Waals surface area contributed by atoms with Crippen LogP contribution in [0.15, 0.2) is 22.7 Å². The van der Waals surface area contributed by atoms with Gasteiger partial charge in [-0.15, -0.1) is 0 Å². The van der Waals surface area contributed by atoms with Gasteiger partial charge in [0.15, 0.2) is 11.6 Å². The summed E-state index contributed by atoms with van der Waals surface area (Å²) in [6, 6.07) is 2.98. The van der Waals surface area contributed by atoms with Gasteiger partial charge in [0.05, 0.1) is 6.04 Å². The summed E-state index contributed by atoms with van der Waals surface area (Å²) in [5, 5.41) is 3.62. The monoisotopic (exact) mass is 225 g/mol. The first-order valence-electron chi connectivity index (χ1n) is 4.62. The van der Waals surface area contributed by atoms with Gasteiger partial charge in [-0.05, 0) is 25.1 Å². The average molecular weight is 225 g/mol. The van der Waals surface area contributed by atoms with Crippen LogP contribution in [0, 0.1) is 11.6 Å². The van der Waals surface area contributed by atoms with Crippen LogP contribution in [0.5, 0.6) is 0 Å². The highest BCUT2D eigenvalue weighted by Crippen LogP contribution is 2.19. The molecule has 0 saturated heterocycles. The Bertz CT molecular complexity index is 511. The van der Waals surface area contributed by atoms with Crippen molar-refractivity contribution in [1.29, 1.82) is 0 Å². The standard InChI is InChI=1S/C10H9F2N3O/c1-5(13)10-14-9(15-16-10)6-2-3-7(11)8(12)4-6/h2-5H,13H2,1H3. The van der Waals surface area contributed by atoms with Crippen molar-refractivity contribution in [2.75, 3.05) is 0 Å². The van der Waals surface area contributed by atoms with Gasteiger partial charge >= 0.3 is 0 Å². The summed E-state index contributed by atoms with van der Waals surface area (Å²) >= 11 is 0. The maximum absolute atomic E-state index is 12.9. The molecule has 0 aliphatic rings. The summed E-state index contributed by atoms with van der Waals surface area (Å²) in [7, 11) is 0. The highest BCUT2D eigenvalue weighted by Gasteiger charge is 2.13. The fraction of sp³-hybridized carbons (Fsp3) is 0.200. The molecule has 0 saturated carbocycles. The molecule has 16 heavy (non-hydrogen) atoms. The van der Waals surface area contributed by atoms with Gasteiger partial charge in [-0.25, -0.2) is 8.78 Å². The molecule has 0 spiro atoms. The highest BCUT2D eigenvalue weighted by molar-refractivity contribution is 5.54. The summed E-state index contributed by atoms with van der Waals surface area (Å²) < 4.78 is 30.5. The van der Waals surface area contributed by atoms with Crippen molar-refractivity contribution in [2.24, 2.45) is 5.73 Å². The molecule has 0 radical (unpaired) electrons. The van der Waals surface area contributed by atoms with E-state index in [0.717, 1.165) is 12.1 Å². The van der Waals surface area contributed by atoms with E-state index in [1.54, 1.807) is 6.92 Å². The van der Waals surface area contributed by atoms with E-state index in [2.05, 4.69) is 10.1 Å². The Hall–Kier alpha value is -1.82. The molecule has 0 fully saturated rings. The maximum atomic E-state index is 12.9. The number of nitrogens with two attached hydrogens (primary N) is 1. The number of hydrogen-bond donors (Lipinski definition) is 1. The Morgan fingerprint density at radius 3 is 2.62 bits per heavy atom. The van der Waals surface area contributed by atoms with Crippen LogP contribution >= 0.6 is 0 Å². The molecule has 0 aliphatic heterocycles. The fourth-order valence-corrected chi connectivity index (χ4v) is 1.17. The molecule has 0 bridgehead atoms. The third kappa shape index (κ3) is 1.92. The van der Waals surface area contributed by atoms with Crippen molar-refractivity contribution < 1.29 is 13.3 Å². The maximum Gasteiger partial charge on any atom is 0.243 e. The SMILES string of the molecule is CC(N)c1nc(-c2ccc(F)c(F)c2)no1. The van der Waals surface area contributed by atoms with E-state index in [0.29, 0.717) is 5.56 Å². The first-order chi connectivity index (χ1) is 7.58. The van der Waals surface area contributed by atoms with Crippen LogP contribution in [0.3, 0.4) is 0 Å². The minimum Gasteiger partial charge on any atom is -0.337 e. The van der Waals surface area contributed by atoms with Crippen molar-refractivity contribution in [3.63, 3.8) is 0 Å². The second-order valence-electron chi connectivity index (χ2n) is 3.37. The Morgan fingerprint density at radius 2 is 2.06 bits per heavy atom. The zero-order valence-electron chi connectivity index (χ0n) is 8.45. The Morgan fingerprint density at radius 1 is 1.31 bits per heavy atom. The normalized spacial score (nSPS) is 12.8. The van der Waals surface area contributed by atoms with Gasteiger partial charge in [-0.3, -0.25) is 0 Å². The molecule has 1 atom stereocenters. The van der Waals surface area contributed by atoms with Gasteiger partial charge in [0.25, 0.3) is 0 Å². The first kappa shape index (κ1) is 10.7. The summed E-state index contributed by atoms with van der Waals surface area (Å²) in [5.41, 5.74) is 5.87. The summed E-state index contributed by atoms with van der Waals surface area (Å²) in [4.78, 5) is 3.96. The lowest BCUT2D eigenvalue weighted by molar-refractivity contribution is 0.362. The van der Waals surface area contributed by atoms with E-state index < -0.39 is 17.7 Å². The summed E-state index contributed by atoms with van der Waals surface area (Å²) in [5.74, 6) is -1.43. The molecule has 1 aromatic heterocycles. The van der Waals surface area contributed by atoms with Crippen molar-refractivity contribution in [1.82, 2.24) is 10.1 Å². The molecule has 2 rings (SSSR count). The number of nitrogens with zero attached hydrogens (tertiary/aromatic N) is 2. The van der Waals surface area contributed by atoms with Crippen LogP contribution in [0.4, 0.5) is 8.78 Å². The molecule has 1 unspecified atom stereocenters. The van der Waals surface area contributed by atoms with Crippen molar-refractivity contribution in [3.8, 4) is 11.4 Å².